The van der Waals surface area contributed by atoms with Gasteiger partial charge in [0.05, 0.1) is 24.2 Å². The van der Waals surface area contributed by atoms with Crippen LogP contribution in [0.15, 0.2) is 52.0 Å². The van der Waals surface area contributed by atoms with Crippen molar-refractivity contribution in [2.75, 3.05) is 19.6 Å². The Morgan fingerprint density at radius 2 is 1.93 bits per heavy atom. The highest BCUT2D eigenvalue weighted by atomic mass is 32.2. The predicted octanol–water partition coefficient (Wildman–Crippen LogP) is 1.75. The molecule has 1 fully saturated rings. The lowest BCUT2D eigenvalue weighted by Crippen LogP contribution is -2.39. The highest BCUT2D eigenvalue weighted by Gasteiger charge is 2.28. The number of sulfonamides is 1. The Kier molecular flexibility index (Phi) is 6.71. The Labute approximate surface area is 170 Å². The smallest absolute Gasteiger partial charge is 0.251 e. The number of carbonyl (C=O) groups is 2. The molecule has 8 nitrogen and oxygen atoms in total. The first-order chi connectivity index (χ1) is 13.9. The first-order valence-corrected chi connectivity index (χ1v) is 11.0. The molecule has 2 N–H and O–H groups in total. The molecule has 0 bridgehead atoms. The highest BCUT2D eigenvalue weighted by Crippen LogP contribution is 2.23. The number of carbonyl (C=O) groups excluding carboxylic acids is 2. The van der Waals surface area contributed by atoms with Crippen molar-refractivity contribution in [3.63, 3.8) is 0 Å². The first kappa shape index (κ1) is 21.1. The second-order valence-corrected chi connectivity index (χ2v) is 9.11. The summed E-state index contributed by atoms with van der Waals surface area (Å²) in [5.74, 6) is 0.147. The number of hydrogen-bond donors (Lipinski definition) is 2. The van der Waals surface area contributed by atoms with Crippen LogP contribution < -0.4 is 10.6 Å². The van der Waals surface area contributed by atoms with E-state index in [4.69, 9.17) is 4.42 Å². The first-order valence-electron chi connectivity index (χ1n) is 9.54. The number of nitrogens with one attached hydrogen (secondary N) is 2. The van der Waals surface area contributed by atoms with E-state index in [0.29, 0.717) is 24.8 Å². The van der Waals surface area contributed by atoms with Crippen LogP contribution in [0.3, 0.4) is 0 Å². The zero-order valence-corrected chi connectivity index (χ0v) is 17.1. The number of rotatable bonds is 7. The molecule has 156 valence electrons. The van der Waals surface area contributed by atoms with E-state index in [1.165, 1.54) is 34.8 Å². The third-order valence-electron chi connectivity index (χ3n) is 4.82. The van der Waals surface area contributed by atoms with E-state index in [1.54, 1.807) is 12.1 Å². The molecule has 1 aliphatic heterocycles. The minimum Gasteiger partial charge on any atom is -0.467 e. The van der Waals surface area contributed by atoms with Crippen molar-refractivity contribution in [2.24, 2.45) is 5.92 Å². The summed E-state index contributed by atoms with van der Waals surface area (Å²) in [4.78, 5) is 24.2. The molecule has 0 aliphatic carbocycles. The highest BCUT2D eigenvalue weighted by molar-refractivity contribution is 7.89. The van der Waals surface area contributed by atoms with Gasteiger partial charge in [-0.2, -0.15) is 4.31 Å². The maximum Gasteiger partial charge on any atom is 0.251 e. The zero-order valence-electron chi connectivity index (χ0n) is 16.3. The molecule has 9 heteroatoms. The average Bonchev–Trinajstić information content (AvgIpc) is 3.24. The van der Waals surface area contributed by atoms with E-state index in [-0.39, 0.29) is 29.5 Å². The van der Waals surface area contributed by atoms with Gasteiger partial charge in [0.2, 0.25) is 15.9 Å². The van der Waals surface area contributed by atoms with Crippen molar-refractivity contribution < 1.29 is 22.4 Å². The Hall–Kier alpha value is -2.65. The molecule has 1 atom stereocenters. The van der Waals surface area contributed by atoms with Gasteiger partial charge in [0.15, 0.2) is 0 Å². The van der Waals surface area contributed by atoms with Gasteiger partial charge in [-0.25, -0.2) is 8.42 Å². The van der Waals surface area contributed by atoms with E-state index in [1.807, 2.05) is 6.92 Å². The van der Waals surface area contributed by atoms with Crippen molar-refractivity contribution in [3.05, 3.63) is 54.0 Å². The lowest BCUT2D eigenvalue weighted by Gasteiger charge is -2.30. The monoisotopic (exact) mass is 419 g/mol. The van der Waals surface area contributed by atoms with Crippen LogP contribution >= 0.6 is 0 Å². The molecule has 0 spiro atoms. The SMILES string of the molecule is C[C@@H]1CCCN(S(=O)(=O)c2ccc(C(=O)NCC(=O)NCc3ccco3)cc2)C1. The van der Waals surface area contributed by atoms with Gasteiger partial charge < -0.3 is 15.1 Å². The zero-order chi connectivity index (χ0) is 20.9. The van der Waals surface area contributed by atoms with E-state index in [9.17, 15) is 18.0 Å². The fourth-order valence-electron chi connectivity index (χ4n) is 3.22. The molecule has 3 rings (SSSR count). The Bertz CT molecular complexity index is 939. The van der Waals surface area contributed by atoms with Crippen molar-refractivity contribution >= 4 is 21.8 Å². The lowest BCUT2D eigenvalue weighted by molar-refractivity contribution is -0.120. The summed E-state index contributed by atoms with van der Waals surface area (Å²) in [5, 5.41) is 5.14. The number of benzene rings is 1. The fourth-order valence-corrected chi connectivity index (χ4v) is 4.81. The number of furan rings is 1. The fraction of sp³-hybridized carbons (Fsp3) is 0.400. The molecule has 2 amide bonds. The summed E-state index contributed by atoms with van der Waals surface area (Å²) < 4.78 is 32.1. The number of piperidine rings is 1. The van der Waals surface area contributed by atoms with Gasteiger partial charge in [0.25, 0.3) is 5.91 Å². The van der Waals surface area contributed by atoms with Crippen molar-refractivity contribution in [1.29, 1.82) is 0 Å². The lowest BCUT2D eigenvalue weighted by atomic mass is 10.0. The van der Waals surface area contributed by atoms with Gasteiger partial charge in [-0.1, -0.05) is 6.92 Å². The number of nitrogens with zero attached hydrogens (tertiary/aromatic N) is 1. The van der Waals surface area contributed by atoms with E-state index in [0.717, 1.165) is 12.8 Å². The minimum absolute atomic E-state index is 0.166. The molecule has 2 heterocycles. The summed E-state index contributed by atoms with van der Waals surface area (Å²) in [5.41, 5.74) is 0.287. The molecule has 1 aliphatic rings. The van der Waals surface area contributed by atoms with Crippen LogP contribution in [0.4, 0.5) is 0 Å². The van der Waals surface area contributed by atoms with Gasteiger partial charge in [0, 0.05) is 18.7 Å². The van der Waals surface area contributed by atoms with Gasteiger partial charge in [-0.3, -0.25) is 9.59 Å². The second-order valence-electron chi connectivity index (χ2n) is 7.17. The van der Waals surface area contributed by atoms with E-state index < -0.39 is 15.9 Å². The molecule has 29 heavy (non-hydrogen) atoms. The third kappa shape index (κ3) is 5.45. The van der Waals surface area contributed by atoms with E-state index >= 15 is 0 Å². The average molecular weight is 420 g/mol. The van der Waals surface area contributed by atoms with Crippen molar-refractivity contribution in [3.8, 4) is 0 Å². The Morgan fingerprint density at radius 3 is 2.59 bits per heavy atom. The molecule has 1 saturated heterocycles. The van der Waals surface area contributed by atoms with Crippen LogP contribution in [0.5, 0.6) is 0 Å². The molecule has 0 saturated carbocycles. The molecule has 1 aromatic carbocycles. The normalized spacial score (nSPS) is 17.6. The predicted molar refractivity (Wildman–Crippen MR) is 106 cm³/mol. The summed E-state index contributed by atoms with van der Waals surface area (Å²) in [7, 11) is -3.56. The van der Waals surface area contributed by atoms with Gasteiger partial charge in [-0.05, 0) is 55.2 Å². The molecule has 0 radical (unpaired) electrons. The number of hydrogen-bond acceptors (Lipinski definition) is 5. The molecular formula is C20H25N3O5S. The second kappa shape index (κ2) is 9.23. The standard InChI is InChI=1S/C20H25N3O5S/c1-15-4-2-10-23(14-15)29(26,27)18-8-6-16(7-9-18)20(25)22-13-19(24)21-12-17-5-3-11-28-17/h3,5-9,11,15H,2,4,10,12-14H2,1H3,(H,21,24)(H,22,25)/t15-/m1/s1. The third-order valence-corrected chi connectivity index (χ3v) is 6.70. The van der Waals surface area contributed by atoms with Crippen LogP contribution in [-0.2, 0) is 21.4 Å². The topological polar surface area (TPSA) is 109 Å². The van der Waals surface area contributed by atoms with Gasteiger partial charge in [-0.15, -0.1) is 0 Å². The maximum absolute atomic E-state index is 12.8. The summed E-state index contributed by atoms with van der Waals surface area (Å²) in [6.45, 7) is 3.12. The molecular weight excluding hydrogens is 394 g/mol. The van der Waals surface area contributed by atoms with Crippen LogP contribution in [0.2, 0.25) is 0 Å². The van der Waals surface area contributed by atoms with Gasteiger partial charge >= 0.3 is 0 Å². The molecule has 0 unspecified atom stereocenters. The van der Waals surface area contributed by atoms with Crippen LogP contribution in [0, 0.1) is 5.92 Å². The quantitative estimate of drug-likeness (QED) is 0.711. The maximum atomic E-state index is 12.8. The minimum atomic E-state index is -3.56. The molecule has 2 aromatic rings. The Morgan fingerprint density at radius 1 is 1.17 bits per heavy atom. The number of amides is 2. The summed E-state index contributed by atoms with van der Waals surface area (Å²) in [6, 6.07) is 9.23. The van der Waals surface area contributed by atoms with Crippen molar-refractivity contribution in [1.82, 2.24) is 14.9 Å². The van der Waals surface area contributed by atoms with Crippen molar-refractivity contribution in [2.45, 2.75) is 31.2 Å². The van der Waals surface area contributed by atoms with Crippen LogP contribution in [0.25, 0.3) is 0 Å². The molecule has 1 aromatic heterocycles. The Balaban J connectivity index is 1.53. The van der Waals surface area contributed by atoms with E-state index in [2.05, 4.69) is 10.6 Å². The summed E-state index contributed by atoms with van der Waals surface area (Å²) >= 11 is 0. The van der Waals surface area contributed by atoms with Crippen LogP contribution in [0.1, 0.15) is 35.9 Å². The van der Waals surface area contributed by atoms with Gasteiger partial charge in [0.1, 0.15) is 5.76 Å². The largest absolute Gasteiger partial charge is 0.467 e. The summed E-state index contributed by atoms with van der Waals surface area (Å²) in [6.07, 6.45) is 3.39. The van der Waals surface area contributed by atoms with Crippen LogP contribution in [-0.4, -0.2) is 44.2 Å².